The summed E-state index contributed by atoms with van der Waals surface area (Å²) in [6, 6.07) is 14.8. The number of benzene rings is 2. The minimum Gasteiger partial charge on any atom is -0.446 e. The molecule has 2 aliphatic rings. The van der Waals surface area contributed by atoms with E-state index in [1.165, 1.54) is 17.7 Å². The molecule has 3 aromatic rings. The van der Waals surface area contributed by atoms with E-state index in [1.54, 1.807) is 12.3 Å². The molecule has 1 amide bonds. The first-order valence-corrected chi connectivity index (χ1v) is 12.4. The molecule has 5 rings (SSSR count). The van der Waals surface area contributed by atoms with Crippen molar-refractivity contribution in [3.05, 3.63) is 66.1 Å². The van der Waals surface area contributed by atoms with Crippen molar-refractivity contribution < 1.29 is 13.9 Å². The third-order valence-electron chi connectivity index (χ3n) is 7.00. The monoisotopic (exact) mass is 477 g/mol. The number of hydrogen-bond acceptors (Lipinski definition) is 6. The smallest absolute Gasteiger partial charge is 0.410 e. The Labute approximate surface area is 205 Å². The fourth-order valence-corrected chi connectivity index (χ4v) is 5.23. The second-order valence-electron chi connectivity index (χ2n) is 9.72. The van der Waals surface area contributed by atoms with Crippen LogP contribution in [-0.4, -0.2) is 70.2 Å². The van der Waals surface area contributed by atoms with Crippen LogP contribution in [0.2, 0.25) is 0 Å². The zero-order valence-electron chi connectivity index (χ0n) is 20.3. The molecular formula is C27H32FN5O2. The Balaban J connectivity index is 1.15. The van der Waals surface area contributed by atoms with Crippen molar-refractivity contribution in [2.45, 2.75) is 51.4 Å². The van der Waals surface area contributed by atoms with E-state index in [9.17, 15) is 9.18 Å². The van der Waals surface area contributed by atoms with Crippen molar-refractivity contribution in [2.75, 3.05) is 31.1 Å². The van der Waals surface area contributed by atoms with Crippen molar-refractivity contribution >= 4 is 22.9 Å². The molecule has 0 bridgehead atoms. The quantitative estimate of drug-likeness (QED) is 0.553. The molecule has 0 aliphatic carbocycles. The number of hydrogen-bond donors (Lipinski definition) is 0. The average Bonchev–Trinajstić information content (AvgIpc) is 2.85. The molecule has 7 nitrogen and oxygen atoms in total. The predicted molar refractivity (Wildman–Crippen MR) is 134 cm³/mol. The number of nitrogens with zero attached hydrogens (tertiary/aromatic N) is 5. The normalized spacial score (nSPS) is 21.9. The second kappa shape index (κ2) is 10.2. The van der Waals surface area contributed by atoms with Crippen LogP contribution in [0.4, 0.5) is 15.0 Å². The molecule has 0 unspecified atom stereocenters. The first kappa shape index (κ1) is 23.5. The zero-order chi connectivity index (χ0) is 24.4. The Morgan fingerprint density at radius 1 is 1.03 bits per heavy atom. The summed E-state index contributed by atoms with van der Waals surface area (Å²) in [5, 5.41) is 0. The number of amides is 1. The summed E-state index contributed by atoms with van der Waals surface area (Å²) in [6.07, 6.45) is 3.12. The van der Waals surface area contributed by atoms with Gasteiger partial charge in [-0.1, -0.05) is 30.3 Å². The zero-order valence-corrected chi connectivity index (χ0v) is 20.3. The van der Waals surface area contributed by atoms with Gasteiger partial charge in [0.1, 0.15) is 17.7 Å². The maximum atomic E-state index is 13.5. The number of ether oxygens (including phenoxy) is 1. The lowest BCUT2D eigenvalue weighted by molar-refractivity contribution is 0.0100. The third kappa shape index (κ3) is 5.37. The van der Waals surface area contributed by atoms with Crippen LogP contribution < -0.4 is 4.90 Å². The first-order valence-electron chi connectivity index (χ1n) is 12.4. The van der Waals surface area contributed by atoms with Crippen LogP contribution in [0.5, 0.6) is 0 Å². The summed E-state index contributed by atoms with van der Waals surface area (Å²) in [5.74, 6) is 0.414. The van der Waals surface area contributed by atoms with E-state index in [1.807, 2.05) is 24.8 Å². The highest BCUT2D eigenvalue weighted by atomic mass is 19.1. The van der Waals surface area contributed by atoms with Gasteiger partial charge in [0.05, 0.1) is 29.3 Å². The van der Waals surface area contributed by atoms with Crippen molar-refractivity contribution in [1.29, 1.82) is 0 Å². The third-order valence-corrected chi connectivity index (χ3v) is 7.00. The van der Waals surface area contributed by atoms with Gasteiger partial charge in [0.2, 0.25) is 0 Å². The summed E-state index contributed by atoms with van der Waals surface area (Å²) in [4.78, 5) is 28.6. The molecule has 2 aromatic carbocycles. The van der Waals surface area contributed by atoms with E-state index in [0.717, 1.165) is 38.3 Å². The first-order chi connectivity index (χ1) is 17.0. The lowest BCUT2D eigenvalue weighted by atomic mass is 10.1. The topological polar surface area (TPSA) is 61.8 Å². The van der Waals surface area contributed by atoms with Gasteiger partial charge in [0, 0.05) is 38.8 Å². The maximum Gasteiger partial charge on any atom is 0.410 e. The number of aromatic nitrogens is 2. The van der Waals surface area contributed by atoms with E-state index in [0.29, 0.717) is 24.1 Å². The Morgan fingerprint density at radius 2 is 1.74 bits per heavy atom. The summed E-state index contributed by atoms with van der Waals surface area (Å²) in [7, 11) is 0. The molecule has 0 radical (unpaired) electrons. The van der Waals surface area contributed by atoms with Crippen molar-refractivity contribution in [3.63, 3.8) is 0 Å². The molecule has 2 fully saturated rings. The minimum atomic E-state index is -0.323. The predicted octanol–water partition coefficient (Wildman–Crippen LogP) is 4.47. The van der Waals surface area contributed by atoms with Crippen LogP contribution in [0.3, 0.4) is 0 Å². The Kier molecular flexibility index (Phi) is 6.81. The molecule has 35 heavy (non-hydrogen) atoms. The number of anilines is 1. The molecular weight excluding hydrogens is 445 g/mol. The molecule has 0 N–H and O–H groups in total. The summed E-state index contributed by atoms with van der Waals surface area (Å²) < 4.78 is 19.4. The van der Waals surface area contributed by atoms with Crippen LogP contribution in [0.15, 0.2) is 54.7 Å². The fourth-order valence-electron chi connectivity index (χ4n) is 5.23. The van der Waals surface area contributed by atoms with Gasteiger partial charge in [-0.3, -0.25) is 14.8 Å². The van der Waals surface area contributed by atoms with Crippen molar-refractivity contribution in [3.8, 4) is 0 Å². The molecule has 8 heteroatoms. The van der Waals surface area contributed by atoms with E-state index in [4.69, 9.17) is 4.74 Å². The van der Waals surface area contributed by atoms with Gasteiger partial charge in [-0.05, 0) is 44.4 Å². The maximum absolute atomic E-state index is 13.5. The van der Waals surface area contributed by atoms with Gasteiger partial charge in [0.15, 0.2) is 0 Å². The van der Waals surface area contributed by atoms with Gasteiger partial charge in [-0.15, -0.1) is 0 Å². The number of halogens is 1. The van der Waals surface area contributed by atoms with Crippen LogP contribution in [-0.2, 0) is 11.3 Å². The largest absolute Gasteiger partial charge is 0.446 e. The minimum absolute atomic E-state index is 0.0323. The van der Waals surface area contributed by atoms with E-state index in [2.05, 4.69) is 44.0 Å². The number of rotatable bonds is 4. The second-order valence-corrected chi connectivity index (χ2v) is 9.72. The SMILES string of the molecule is C[C@@H]1CN(c2cnc3cc(F)ccc3n2)C[C@@H](C)N1C(=O)OC1CCN(Cc2ccccc2)CC1. The van der Waals surface area contributed by atoms with E-state index >= 15 is 0 Å². The number of likely N-dealkylation sites (tertiary alicyclic amines) is 1. The van der Waals surface area contributed by atoms with Crippen LogP contribution >= 0.6 is 0 Å². The molecule has 0 spiro atoms. The van der Waals surface area contributed by atoms with Gasteiger partial charge >= 0.3 is 6.09 Å². The van der Waals surface area contributed by atoms with Gasteiger partial charge in [-0.2, -0.15) is 0 Å². The van der Waals surface area contributed by atoms with Crippen LogP contribution in [0.1, 0.15) is 32.3 Å². The van der Waals surface area contributed by atoms with Crippen molar-refractivity contribution in [2.24, 2.45) is 0 Å². The number of carbonyl (C=O) groups excluding carboxylic acids is 1. The van der Waals surface area contributed by atoms with Crippen molar-refractivity contribution in [1.82, 2.24) is 19.8 Å². The fraction of sp³-hybridized carbons (Fsp3) is 0.444. The average molecular weight is 478 g/mol. The highest BCUT2D eigenvalue weighted by Gasteiger charge is 2.36. The molecule has 184 valence electrons. The Morgan fingerprint density at radius 3 is 2.46 bits per heavy atom. The number of carbonyl (C=O) groups is 1. The molecule has 3 heterocycles. The van der Waals surface area contributed by atoms with Gasteiger partial charge in [-0.25, -0.2) is 14.2 Å². The lowest BCUT2D eigenvalue weighted by Gasteiger charge is -2.44. The standard InChI is InChI=1S/C27H32FN5O2/c1-19-16-32(26-15-29-25-14-22(28)8-9-24(25)30-26)17-20(2)33(19)27(34)35-23-10-12-31(13-11-23)18-21-6-4-3-5-7-21/h3-9,14-15,19-20,23H,10-13,16-18H2,1-2H3/t19-,20-/m1/s1. The Bertz CT molecular complexity index is 1160. The van der Waals surface area contributed by atoms with Gasteiger partial charge < -0.3 is 9.64 Å². The number of piperazine rings is 1. The highest BCUT2D eigenvalue weighted by molar-refractivity contribution is 5.75. The number of piperidine rings is 1. The molecule has 0 saturated carbocycles. The molecule has 2 aliphatic heterocycles. The highest BCUT2D eigenvalue weighted by Crippen LogP contribution is 2.25. The lowest BCUT2D eigenvalue weighted by Crippen LogP contribution is -2.59. The Hall–Kier alpha value is -3.26. The number of fused-ring (bicyclic) bond motifs is 1. The molecule has 2 saturated heterocycles. The molecule has 2 atom stereocenters. The summed E-state index contributed by atoms with van der Waals surface area (Å²) in [5.41, 5.74) is 2.50. The molecule has 1 aromatic heterocycles. The van der Waals surface area contributed by atoms with E-state index in [-0.39, 0.29) is 30.1 Å². The van der Waals surface area contributed by atoms with Crippen LogP contribution in [0, 0.1) is 5.82 Å². The van der Waals surface area contributed by atoms with Gasteiger partial charge in [0.25, 0.3) is 0 Å². The van der Waals surface area contributed by atoms with Crippen LogP contribution in [0.25, 0.3) is 11.0 Å². The van der Waals surface area contributed by atoms with E-state index < -0.39 is 0 Å². The summed E-state index contributed by atoms with van der Waals surface area (Å²) >= 11 is 0. The summed E-state index contributed by atoms with van der Waals surface area (Å²) in [6.45, 7) is 8.13.